The van der Waals surface area contributed by atoms with Crippen LogP contribution < -0.4 is 5.48 Å². The van der Waals surface area contributed by atoms with E-state index >= 15 is 0 Å². The first-order chi connectivity index (χ1) is 9.16. The van der Waals surface area contributed by atoms with Gasteiger partial charge in [0.2, 0.25) is 0 Å². The molecule has 0 fully saturated rings. The lowest BCUT2D eigenvalue weighted by Crippen LogP contribution is -2.19. The number of hydrogen-bond acceptors (Lipinski definition) is 3. The average molecular weight is 257 g/mol. The summed E-state index contributed by atoms with van der Waals surface area (Å²) in [6.07, 6.45) is 0. The van der Waals surface area contributed by atoms with E-state index in [2.05, 4.69) is 5.48 Å². The number of rotatable bonds is 5. The van der Waals surface area contributed by atoms with Crippen molar-refractivity contribution in [1.82, 2.24) is 5.48 Å². The van der Waals surface area contributed by atoms with Gasteiger partial charge in [0.25, 0.3) is 0 Å². The van der Waals surface area contributed by atoms with Gasteiger partial charge in [-0.3, -0.25) is 4.84 Å². The van der Waals surface area contributed by atoms with Crippen molar-refractivity contribution in [3.05, 3.63) is 65.2 Å². The number of benzene rings is 2. The summed E-state index contributed by atoms with van der Waals surface area (Å²) in [4.78, 5) is 5.47. The van der Waals surface area contributed by atoms with Crippen LogP contribution in [0.1, 0.15) is 29.7 Å². The molecule has 1 atom stereocenters. The number of phenolic OH excluding ortho intramolecular Hbond substituents is 1. The molecule has 0 spiro atoms. The first-order valence-corrected chi connectivity index (χ1v) is 6.37. The highest BCUT2D eigenvalue weighted by atomic mass is 16.6. The van der Waals surface area contributed by atoms with Crippen LogP contribution in [0.5, 0.6) is 5.75 Å². The molecular weight excluding hydrogens is 238 g/mol. The molecule has 0 heterocycles. The fourth-order valence-corrected chi connectivity index (χ4v) is 1.91. The first kappa shape index (κ1) is 13.6. The Hall–Kier alpha value is -1.84. The van der Waals surface area contributed by atoms with Crippen molar-refractivity contribution in [1.29, 1.82) is 0 Å². The maximum absolute atomic E-state index is 9.83. The van der Waals surface area contributed by atoms with E-state index in [1.807, 2.05) is 56.3 Å². The Bertz CT molecular complexity index is 526. The van der Waals surface area contributed by atoms with Gasteiger partial charge >= 0.3 is 0 Å². The van der Waals surface area contributed by atoms with Crippen LogP contribution in [0.4, 0.5) is 0 Å². The third kappa shape index (κ3) is 3.81. The van der Waals surface area contributed by atoms with Crippen LogP contribution in [0.25, 0.3) is 0 Å². The lowest BCUT2D eigenvalue weighted by Gasteiger charge is -2.16. The molecule has 2 aromatic rings. The number of hydroxylamine groups is 1. The van der Waals surface area contributed by atoms with Gasteiger partial charge in [0.15, 0.2) is 0 Å². The van der Waals surface area contributed by atoms with E-state index in [-0.39, 0.29) is 11.8 Å². The zero-order valence-corrected chi connectivity index (χ0v) is 11.3. The van der Waals surface area contributed by atoms with Gasteiger partial charge in [0.1, 0.15) is 5.75 Å². The fourth-order valence-electron chi connectivity index (χ4n) is 1.91. The number of aryl methyl sites for hydroxylation is 1. The molecule has 1 unspecified atom stereocenters. The van der Waals surface area contributed by atoms with E-state index in [0.717, 1.165) is 16.7 Å². The first-order valence-electron chi connectivity index (χ1n) is 6.37. The molecule has 0 amide bonds. The van der Waals surface area contributed by atoms with Crippen LogP contribution in [0.3, 0.4) is 0 Å². The monoisotopic (exact) mass is 257 g/mol. The van der Waals surface area contributed by atoms with Gasteiger partial charge in [-0.2, -0.15) is 5.48 Å². The van der Waals surface area contributed by atoms with E-state index in [0.29, 0.717) is 6.61 Å². The minimum absolute atomic E-state index is 0.0661. The third-order valence-electron chi connectivity index (χ3n) is 2.99. The molecule has 3 heteroatoms. The van der Waals surface area contributed by atoms with Gasteiger partial charge in [-0.25, -0.2) is 0 Å². The standard InChI is InChI=1S/C16H19NO2/c1-12-8-9-16(18)15(10-12)13(2)17-19-11-14-6-4-3-5-7-14/h3-10,13,17-18H,11H2,1-2H3. The highest BCUT2D eigenvalue weighted by Crippen LogP contribution is 2.24. The van der Waals surface area contributed by atoms with Gasteiger partial charge < -0.3 is 5.11 Å². The molecule has 19 heavy (non-hydrogen) atoms. The van der Waals surface area contributed by atoms with Crippen molar-refractivity contribution in [3.63, 3.8) is 0 Å². The minimum atomic E-state index is -0.0661. The highest BCUT2D eigenvalue weighted by Gasteiger charge is 2.10. The second-order valence-electron chi connectivity index (χ2n) is 4.68. The molecule has 2 rings (SSSR count). The molecule has 0 bridgehead atoms. The lowest BCUT2D eigenvalue weighted by molar-refractivity contribution is 0.00653. The lowest BCUT2D eigenvalue weighted by atomic mass is 10.1. The van der Waals surface area contributed by atoms with Crippen LogP contribution in [-0.2, 0) is 11.4 Å². The van der Waals surface area contributed by atoms with Crippen LogP contribution in [0.15, 0.2) is 48.5 Å². The quantitative estimate of drug-likeness (QED) is 0.806. The van der Waals surface area contributed by atoms with Crippen molar-refractivity contribution in [2.45, 2.75) is 26.5 Å². The van der Waals surface area contributed by atoms with E-state index in [4.69, 9.17) is 4.84 Å². The van der Waals surface area contributed by atoms with Crippen molar-refractivity contribution in [2.75, 3.05) is 0 Å². The third-order valence-corrected chi connectivity index (χ3v) is 2.99. The molecule has 2 N–H and O–H groups in total. The second kappa shape index (κ2) is 6.36. The van der Waals surface area contributed by atoms with E-state index in [9.17, 15) is 5.11 Å². The molecule has 0 aliphatic heterocycles. The van der Waals surface area contributed by atoms with Gasteiger partial charge in [0, 0.05) is 5.56 Å². The predicted molar refractivity (Wildman–Crippen MR) is 75.6 cm³/mol. The maximum atomic E-state index is 9.83. The van der Waals surface area contributed by atoms with Crippen molar-refractivity contribution < 1.29 is 9.94 Å². The second-order valence-corrected chi connectivity index (χ2v) is 4.68. The van der Waals surface area contributed by atoms with E-state index in [1.54, 1.807) is 6.07 Å². The molecule has 0 aliphatic rings. The summed E-state index contributed by atoms with van der Waals surface area (Å²) < 4.78 is 0. The summed E-state index contributed by atoms with van der Waals surface area (Å²) in [5.41, 5.74) is 6.02. The Morgan fingerprint density at radius 2 is 1.89 bits per heavy atom. The SMILES string of the molecule is Cc1ccc(O)c(C(C)NOCc2ccccc2)c1. The molecule has 3 nitrogen and oxygen atoms in total. The molecular formula is C16H19NO2. The van der Waals surface area contributed by atoms with Crippen molar-refractivity contribution >= 4 is 0 Å². The van der Waals surface area contributed by atoms with Crippen LogP contribution in [0, 0.1) is 6.92 Å². The zero-order valence-electron chi connectivity index (χ0n) is 11.3. The van der Waals surface area contributed by atoms with Gasteiger partial charge in [-0.1, -0.05) is 48.0 Å². The number of hydrogen-bond donors (Lipinski definition) is 2. The molecule has 0 aliphatic carbocycles. The topological polar surface area (TPSA) is 41.5 Å². The molecule has 100 valence electrons. The summed E-state index contributed by atoms with van der Waals surface area (Å²) in [6.45, 7) is 4.46. The van der Waals surface area contributed by atoms with Crippen molar-refractivity contribution in [3.8, 4) is 5.75 Å². The Morgan fingerprint density at radius 1 is 1.16 bits per heavy atom. The normalized spacial score (nSPS) is 12.3. The molecule has 0 radical (unpaired) electrons. The van der Waals surface area contributed by atoms with Gasteiger partial charge in [-0.15, -0.1) is 0 Å². The van der Waals surface area contributed by atoms with E-state index in [1.165, 1.54) is 0 Å². The average Bonchev–Trinajstić information content (AvgIpc) is 2.42. The summed E-state index contributed by atoms with van der Waals surface area (Å²) in [7, 11) is 0. The highest BCUT2D eigenvalue weighted by molar-refractivity contribution is 5.37. The van der Waals surface area contributed by atoms with Crippen LogP contribution in [-0.4, -0.2) is 5.11 Å². The summed E-state index contributed by atoms with van der Waals surface area (Å²) in [5, 5.41) is 9.83. The molecule has 2 aromatic carbocycles. The maximum Gasteiger partial charge on any atom is 0.120 e. The Morgan fingerprint density at radius 3 is 2.63 bits per heavy atom. The Labute approximate surface area is 113 Å². The van der Waals surface area contributed by atoms with Crippen LogP contribution in [0.2, 0.25) is 0 Å². The summed E-state index contributed by atoms with van der Waals surface area (Å²) in [6, 6.07) is 15.4. The number of nitrogens with one attached hydrogen (secondary N) is 1. The van der Waals surface area contributed by atoms with Crippen LogP contribution >= 0.6 is 0 Å². The number of aromatic hydroxyl groups is 1. The minimum Gasteiger partial charge on any atom is -0.508 e. The Balaban J connectivity index is 1.91. The zero-order chi connectivity index (χ0) is 13.7. The summed E-state index contributed by atoms with van der Waals surface area (Å²) >= 11 is 0. The number of phenols is 1. The smallest absolute Gasteiger partial charge is 0.120 e. The molecule has 0 saturated carbocycles. The molecule has 0 saturated heterocycles. The molecule has 0 aromatic heterocycles. The summed E-state index contributed by atoms with van der Waals surface area (Å²) in [5.74, 6) is 0.286. The fraction of sp³-hybridized carbons (Fsp3) is 0.250. The predicted octanol–water partition coefficient (Wildman–Crippen LogP) is 3.48. The van der Waals surface area contributed by atoms with Gasteiger partial charge in [-0.05, 0) is 25.5 Å². The van der Waals surface area contributed by atoms with E-state index < -0.39 is 0 Å². The Kier molecular flexibility index (Phi) is 4.55. The van der Waals surface area contributed by atoms with Gasteiger partial charge in [0.05, 0.1) is 12.6 Å². The van der Waals surface area contributed by atoms with Crippen molar-refractivity contribution in [2.24, 2.45) is 0 Å². The largest absolute Gasteiger partial charge is 0.508 e.